The number of ether oxygens (including phenoxy) is 1. The molecule has 1 aliphatic rings. The van der Waals surface area contributed by atoms with E-state index in [2.05, 4.69) is 27.5 Å². The van der Waals surface area contributed by atoms with Gasteiger partial charge in [0.1, 0.15) is 6.23 Å². The molecule has 0 spiro atoms. The second-order valence-corrected chi connectivity index (χ2v) is 7.07. The molecule has 0 aliphatic carbocycles. The minimum Gasteiger partial charge on any atom is -0.390 e. The summed E-state index contributed by atoms with van der Waals surface area (Å²) in [5.74, 6) is 4.95. The number of rotatable bonds is 5. The van der Waals surface area contributed by atoms with Crippen LogP contribution in [-0.2, 0) is 9.53 Å². The fourth-order valence-electron chi connectivity index (χ4n) is 3.19. The second kappa shape index (κ2) is 10.0. The Morgan fingerprint density at radius 2 is 2.06 bits per heavy atom. The van der Waals surface area contributed by atoms with Gasteiger partial charge in [0.15, 0.2) is 5.82 Å². The Morgan fingerprint density at radius 3 is 2.71 bits per heavy atom. The van der Waals surface area contributed by atoms with E-state index < -0.39 is 23.9 Å². The average Bonchev–Trinajstić information content (AvgIpc) is 3.13. The van der Waals surface area contributed by atoms with Gasteiger partial charge in [-0.05, 0) is 18.6 Å². The smallest absolute Gasteiger partial charge is 0.351 e. The van der Waals surface area contributed by atoms with Crippen molar-refractivity contribution < 1.29 is 19.4 Å². The van der Waals surface area contributed by atoms with E-state index in [1.165, 1.54) is 17.7 Å². The van der Waals surface area contributed by atoms with Crippen LogP contribution >= 0.6 is 0 Å². The van der Waals surface area contributed by atoms with Crippen molar-refractivity contribution >= 4 is 17.6 Å². The number of amides is 2. The number of anilines is 1. The molecule has 2 aromatic rings. The quantitative estimate of drug-likeness (QED) is 0.617. The van der Waals surface area contributed by atoms with Crippen LogP contribution in [0, 0.1) is 11.8 Å². The maximum atomic E-state index is 12.7. The van der Waals surface area contributed by atoms with Crippen LogP contribution in [0.4, 0.5) is 5.82 Å². The van der Waals surface area contributed by atoms with Gasteiger partial charge in [0, 0.05) is 25.1 Å². The third kappa shape index (κ3) is 5.57. The molecule has 0 radical (unpaired) electrons. The Morgan fingerprint density at radius 1 is 1.32 bits per heavy atom. The summed E-state index contributed by atoms with van der Waals surface area (Å²) < 4.78 is 7.04. The molecular weight excluding hydrogens is 400 g/mol. The van der Waals surface area contributed by atoms with Crippen LogP contribution in [0.1, 0.15) is 48.8 Å². The van der Waals surface area contributed by atoms with E-state index in [9.17, 15) is 19.5 Å². The van der Waals surface area contributed by atoms with E-state index in [0.717, 1.165) is 0 Å². The van der Waals surface area contributed by atoms with Gasteiger partial charge in [0.25, 0.3) is 5.91 Å². The largest absolute Gasteiger partial charge is 0.390 e. The van der Waals surface area contributed by atoms with Crippen molar-refractivity contribution in [2.24, 2.45) is 0 Å². The average molecular weight is 424 g/mol. The summed E-state index contributed by atoms with van der Waals surface area (Å²) in [5.41, 5.74) is 0.0515. The minimum absolute atomic E-state index is 0.0102. The Hall–Kier alpha value is -3.48. The summed E-state index contributed by atoms with van der Waals surface area (Å²) in [7, 11) is 0. The summed E-state index contributed by atoms with van der Waals surface area (Å²) in [5, 5.41) is 15.3. The van der Waals surface area contributed by atoms with Crippen molar-refractivity contribution in [3.63, 3.8) is 0 Å². The van der Waals surface area contributed by atoms with E-state index in [0.29, 0.717) is 12.0 Å². The van der Waals surface area contributed by atoms with Gasteiger partial charge in [-0.15, -0.1) is 0 Å². The lowest BCUT2D eigenvalue weighted by Gasteiger charge is -2.16. The van der Waals surface area contributed by atoms with Crippen LogP contribution in [-0.4, -0.2) is 45.2 Å². The maximum absolute atomic E-state index is 12.7. The Bertz CT molecular complexity index is 1070. The fraction of sp³-hybridized carbons (Fsp3) is 0.364. The van der Waals surface area contributed by atoms with Gasteiger partial charge in [-0.2, -0.15) is 4.98 Å². The summed E-state index contributed by atoms with van der Waals surface area (Å²) in [4.78, 5) is 40.2. The summed E-state index contributed by atoms with van der Waals surface area (Å²) in [6, 6.07) is 8.51. The Balaban J connectivity index is 1.93. The third-order valence-corrected chi connectivity index (χ3v) is 4.79. The highest BCUT2D eigenvalue weighted by molar-refractivity contribution is 6.04. The molecule has 1 fully saturated rings. The first-order chi connectivity index (χ1) is 14.9. The number of nitrogens with zero attached hydrogens (tertiary/aromatic N) is 2. The highest BCUT2D eigenvalue weighted by Crippen LogP contribution is 2.29. The molecule has 2 heterocycles. The van der Waals surface area contributed by atoms with Crippen molar-refractivity contribution in [2.45, 2.75) is 45.1 Å². The molecule has 3 unspecified atom stereocenters. The number of hydrogen-bond acceptors (Lipinski definition) is 6. The van der Waals surface area contributed by atoms with Gasteiger partial charge in [-0.25, -0.2) is 4.79 Å². The molecule has 1 aromatic heterocycles. The highest BCUT2D eigenvalue weighted by atomic mass is 16.5. The summed E-state index contributed by atoms with van der Waals surface area (Å²) >= 11 is 0. The molecule has 3 atom stereocenters. The summed E-state index contributed by atoms with van der Waals surface area (Å²) in [6.45, 7) is 3.36. The Kier molecular flexibility index (Phi) is 7.18. The number of aliphatic hydroxyl groups excluding tert-OH is 1. The lowest BCUT2D eigenvalue weighted by Crippen LogP contribution is -2.29. The van der Waals surface area contributed by atoms with E-state index in [1.807, 2.05) is 6.92 Å². The van der Waals surface area contributed by atoms with Gasteiger partial charge < -0.3 is 20.5 Å². The molecule has 3 N–H and O–H groups in total. The van der Waals surface area contributed by atoms with Crippen LogP contribution < -0.4 is 16.3 Å². The number of aromatic nitrogens is 2. The molecule has 31 heavy (non-hydrogen) atoms. The predicted octanol–water partition coefficient (Wildman–Crippen LogP) is 1.04. The van der Waals surface area contributed by atoms with Crippen LogP contribution in [0.2, 0.25) is 0 Å². The third-order valence-electron chi connectivity index (χ3n) is 4.79. The first-order valence-corrected chi connectivity index (χ1v) is 9.95. The van der Waals surface area contributed by atoms with E-state index in [4.69, 9.17) is 4.74 Å². The van der Waals surface area contributed by atoms with E-state index in [-0.39, 0.29) is 36.4 Å². The van der Waals surface area contributed by atoms with Gasteiger partial charge in [-0.3, -0.25) is 14.2 Å². The standard InChI is InChI=1S/C22H24N4O5/c1-3-18-17(28)12-19(31-18)26-13-16(10-7-11-23-14(2)27)20(25-22(26)30)24-21(29)15-8-5-4-6-9-15/h4-6,8-9,13,17-19,28H,3,11-12H2,1-2H3,(H,23,27)(H,24,25,29,30). The predicted molar refractivity (Wildman–Crippen MR) is 113 cm³/mol. The van der Waals surface area contributed by atoms with Crippen molar-refractivity contribution in [3.8, 4) is 11.8 Å². The first kappa shape index (κ1) is 22.2. The molecular formula is C22H24N4O5. The molecule has 0 bridgehead atoms. The number of hydrogen-bond donors (Lipinski definition) is 3. The zero-order chi connectivity index (χ0) is 22.4. The molecule has 9 nitrogen and oxygen atoms in total. The maximum Gasteiger partial charge on any atom is 0.351 e. The van der Waals surface area contributed by atoms with Crippen LogP contribution in [0.25, 0.3) is 0 Å². The van der Waals surface area contributed by atoms with Crippen LogP contribution in [0.15, 0.2) is 41.3 Å². The van der Waals surface area contributed by atoms with Gasteiger partial charge >= 0.3 is 5.69 Å². The Labute approximate surface area is 179 Å². The van der Waals surface area contributed by atoms with Crippen molar-refractivity contribution in [1.29, 1.82) is 0 Å². The lowest BCUT2D eigenvalue weighted by atomic mass is 10.1. The molecule has 9 heteroatoms. The molecule has 0 saturated carbocycles. The number of carbonyl (C=O) groups is 2. The van der Waals surface area contributed by atoms with Crippen molar-refractivity contribution in [2.75, 3.05) is 11.9 Å². The topological polar surface area (TPSA) is 123 Å². The molecule has 3 rings (SSSR count). The monoisotopic (exact) mass is 424 g/mol. The van der Waals surface area contributed by atoms with Crippen molar-refractivity contribution in [1.82, 2.24) is 14.9 Å². The molecule has 1 saturated heterocycles. The summed E-state index contributed by atoms with van der Waals surface area (Å²) in [6.07, 6.45) is 0.557. The van der Waals surface area contributed by atoms with E-state index in [1.54, 1.807) is 30.3 Å². The van der Waals surface area contributed by atoms with Gasteiger partial charge in [-0.1, -0.05) is 37.0 Å². The van der Waals surface area contributed by atoms with Crippen LogP contribution in [0.3, 0.4) is 0 Å². The number of benzene rings is 1. The van der Waals surface area contributed by atoms with E-state index >= 15 is 0 Å². The highest BCUT2D eigenvalue weighted by Gasteiger charge is 2.34. The zero-order valence-corrected chi connectivity index (χ0v) is 17.3. The molecule has 1 aliphatic heterocycles. The second-order valence-electron chi connectivity index (χ2n) is 7.07. The molecule has 162 valence electrons. The minimum atomic E-state index is -0.686. The van der Waals surface area contributed by atoms with Crippen LogP contribution in [0.5, 0.6) is 0 Å². The number of nitrogens with one attached hydrogen (secondary N) is 2. The van der Waals surface area contributed by atoms with Gasteiger partial charge in [0.2, 0.25) is 5.91 Å². The number of carbonyl (C=O) groups excluding carboxylic acids is 2. The lowest BCUT2D eigenvalue weighted by molar-refractivity contribution is -0.118. The molecule has 2 amide bonds. The fourth-order valence-corrected chi connectivity index (χ4v) is 3.19. The zero-order valence-electron chi connectivity index (χ0n) is 17.3. The first-order valence-electron chi connectivity index (χ1n) is 9.95. The SMILES string of the molecule is CCC1OC(n2cc(C#CCNC(C)=O)c(NC(=O)c3ccccc3)nc2=O)CC1O. The van der Waals surface area contributed by atoms with Crippen molar-refractivity contribution in [3.05, 3.63) is 58.1 Å². The normalized spacial score (nSPS) is 19.9. The van der Waals surface area contributed by atoms with Gasteiger partial charge in [0.05, 0.1) is 24.3 Å². The number of aliphatic hydroxyl groups is 1. The molecule has 1 aromatic carbocycles.